The zero-order chi connectivity index (χ0) is 18.6. The lowest BCUT2D eigenvalue weighted by atomic mass is 9.96. The Balaban J connectivity index is 1.56. The van der Waals surface area contributed by atoms with Gasteiger partial charge in [-0.3, -0.25) is 4.98 Å². The van der Waals surface area contributed by atoms with Crippen LogP contribution in [-0.4, -0.2) is 39.1 Å². The molecule has 1 N–H and O–H groups in total. The van der Waals surface area contributed by atoms with Crippen LogP contribution in [0.25, 0.3) is 10.9 Å². The van der Waals surface area contributed by atoms with Gasteiger partial charge >= 0.3 is 0 Å². The first kappa shape index (κ1) is 16.6. The Morgan fingerprint density at radius 1 is 1.07 bits per heavy atom. The van der Waals surface area contributed by atoms with E-state index < -0.39 is 15.7 Å². The van der Waals surface area contributed by atoms with Gasteiger partial charge in [0, 0.05) is 43.2 Å². The van der Waals surface area contributed by atoms with Crippen molar-refractivity contribution < 1.29 is 12.8 Å². The van der Waals surface area contributed by atoms with Crippen LogP contribution in [0.4, 0.5) is 10.1 Å². The minimum Gasteiger partial charge on any atom is -0.368 e. The van der Waals surface area contributed by atoms with Crippen molar-refractivity contribution in [2.24, 2.45) is 5.92 Å². The van der Waals surface area contributed by atoms with Crippen molar-refractivity contribution >= 4 is 26.4 Å². The highest BCUT2D eigenvalue weighted by molar-refractivity contribution is 7.91. The van der Waals surface area contributed by atoms with Gasteiger partial charge in [0.2, 0.25) is 9.84 Å². The molecule has 2 aromatic carbocycles. The summed E-state index contributed by atoms with van der Waals surface area (Å²) in [5.41, 5.74) is 1.82. The first-order valence-electron chi connectivity index (χ1n) is 8.90. The fourth-order valence-corrected chi connectivity index (χ4v) is 5.22. The van der Waals surface area contributed by atoms with E-state index in [9.17, 15) is 12.8 Å². The van der Waals surface area contributed by atoms with Crippen molar-refractivity contribution in [1.29, 1.82) is 0 Å². The maximum absolute atomic E-state index is 13.5. The van der Waals surface area contributed by atoms with Gasteiger partial charge < -0.3 is 10.2 Å². The maximum Gasteiger partial charge on any atom is 0.208 e. The van der Waals surface area contributed by atoms with E-state index in [1.54, 1.807) is 6.07 Å². The van der Waals surface area contributed by atoms with Crippen molar-refractivity contribution in [3.8, 4) is 0 Å². The van der Waals surface area contributed by atoms with Crippen LogP contribution in [0.3, 0.4) is 0 Å². The number of rotatable bonds is 3. The molecule has 0 aliphatic carbocycles. The van der Waals surface area contributed by atoms with Gasteiger partial charge in [-0.2, -0.15) is 0 Å². The second-order valence-electron chi connectivity index (χ2n) is 7.16. The number of pyridine rings is 1. The van der Waals surface area contributed by atoms with E-state index in [0.717, 1.165) is 42.3 Å². The van der Waals surface area contributed by atoms with Crippen LogP contribution in [-0.2, 0) is 9.84 Å². The average Bonchev–Trinajstić information content (AvgIpc) is 2.95. The van der Waals surface area contributed by atoms with Crippen molar-refractivity contribution in [1.82, 2.24) is 10.3 Å². The third-order valence-corrected chi connectivity index (χ3v) is 7.22. The molecule has 0 radical (unpaired) electrons. The number of benzene rings is 2. The van der Waals surface area contributed by atoms with Crippen molar-refractivity contribution in [2.45, 2.75) is 15.8 Å². The molecular weight excluding hydrogens is 365 g/mol. The molecule has 3 heterocycles. The Hall–Kier alpha value is -2.51. The zero-order valence-corrected chi connectivity index (χ0v) is 15.3. The molecule has 2 atom stereocenters. The standard InChI is InChI=1S/C20H18FN3O2S/c21-15-4-2-5-16(8-15)27(25,26)17-7-13-3-1-6-19(20(13)23-10-17)24-11-14-9-22-18(14)12-24/h1-8,10,14,18,22H,9,11-12H2. The van der Waals surface area contributed by atoms with Crippen LogP contribution in [0.5, 0.6) is 0 Å². The van der Waals surface area contributed by atoms with Gasteiger partial charge in [0.15, 0.2) is 0 Å². The van der Waals surface area contributed by atoms with E-state index in [1.165, 1.54) is 24.4 Å². The lowest BCUT2D eigenvalue weighted by Gasteiger charge is -2.29. The van der Waals surface area contributed by atoms with Gasteiger partial charge in [-0.1, -0.05) is 18.2 Å². The molecule has 2 aliphatic rings. The molecule has 138 valence electrons. The normalized spacial score (nSPS) is 21.9. The molecule has 2 fully saturated rings. The van der Waals surface area contributed by atoms with Crippen LogP contribution in [0.1, 0.15) is 0 Å². The Morgan fingerprint density at radius 3 is 2.63 bits per heavy atom. The van der Waals surface area contributed by atoms with Gasteiger partial charge in [-0.25, -0.2) is 12.8 Å². The van der Waals surface area contributed by atoms with Gasteiger partial charge in [0.25, 0.3) is 0 Å². The van der Waals surface area contributed by atoms with E-state index in [4.69, 9.17) is 0 Å². The number of fused-ring (bicyclic) bond motifs is 2. The maximum atomic E-state index is 13.5. The van der Waals surface area contributed by atoms with E-state index >= 15 is 0 Å². The van der Waals surface area contributed by atoms with E-state index in [0.29, 0.717) is 12.0 Å². The average molecular weight is 383 g/mol. The topological polar surface area (TPSA) is 62.3 Å². The summed E-state index contributed by atoms with van der Waals surface area (Å²) < 4.78 is 39.1. The number of hydrogen-bond donors (Lipinski definition) is 1. The zero-order valence-electron chi connectivity index (χ0n) is 14.5. The molecule has 2 unspecified atom stereocenters. The largest absolute Gasteiger partial charge is 0.368 e. The highest BCUT2D eigenvalue weighted by atomic mass is 32.2. The summed E-state index contributed by atoms with van der Waals surface area (Å²) in [4.78, 5) is 6.79. The van der Waals surface area contributed by atoms with Crippen molar-refractivity contribution in [3.05, 3.63) is 60.5 Å². The van der Waals surface area contributed by atoms with Crippen LogP contribution in [0.15, 0.2) is 64.5 Å². The molecule has 2 saturated heterocycles. The predicted octanol–water partition coefficient (Wildman–Crippen LogP) is 2.61. The number of anilines is 1. The fraction of sp³-hybridized carbons (Fsp3) is 0.250. The lowest BCUT2D eigenvalue weighted by Crippen LogP contribution is -2.51. The molecule has 0 amide bonds. The quantitative estimate of drug-likeness (QED) is 0.753. The SMILES string of the molecule is O=S(=O)(c1cccc(F)c1)c1cnc2c(N3CC4CNC4C3)cccc2c1. The Bertz CT molecular complexity index is 1140. The summed E-state index contributed by atoms with van der Waals surface area (Å²) in [5, 5.41) is 4.20. The number of nitrogens with zero attached hydrogens (tertiary/aromatic N) is 2. The number of para-hydroxylation sites is 1. The molecule has 27 heavy (non-hydrogen) atoms. The number of sulfone groups is 1. The van der Waals surface area contributed by atoms with E-state index in [-0.39, 0.29) is 9.79 Å². The summed E-state index contributed by atoms with van der Waals surface area (Å²) in [7, 11) is -3.82. The molecule has 2 aliphatic heterocycles. The van der Waals surface area contributed by atoms with E-state index in [2.05, 4.69) is 15.2 Å². The fourth-order valence-electron chi connectivity index (χ4n) is 3.95. The highest BCUT2D eigenvalue weighted by Crippen LogP contribution is 2.33. The van der Waals surface area contributed by atoms with Crippen LogP contribution in [0.2, 0.25) is 0 Å². The summed E-state index contributed by atoms with van der Waals surface area (Å²) >= 11 is 0. The Morgan fingerprint density at radius 2 is 1.93 bits per heavy atom. The molecule has 1 aromatic heterocycles. The van der Waals surface area contributed by atoms with Crippen molar-refractivity contribution in [2.75, 3.05) is 24.5 Å². The minimum atomic E-state index is -3.82. The van der Waals surface area contributed by atoms with Crippen molar-refractivity contribution in [3.63, 3.8) is 0 Å². The molecule has 0 bridgehead atoms. The first-order valence-corrected chi connectivity index (χ1v) is 10.4. The molecule has 0 spiro atoms. The molecule has 5 rings (SSSR count). The number of nitrogens with one attached hydrogen (secondary N) is 1. The van der Waals surface area contributed by atoms with Crippen LogP contribution < -0.4 is 10.2 Å². The lowest BCUT2D eigenvalue weighted by molar-refractivity contribution is 0.297. The molecular formula is C20H18FN3O2S. The molecule has 7 heteroatoms. The third kappa shape index (κ3) is 2.69. The summed E-state index contributed by atoms with van der Waals surface area (Å²) in [6.07, 6.45) is 1.37. The van der Waals surface area contributed by atoms with Gasteiger partial charge in [0.1, 0.15) is 5.82 Å². The summed E-state index contributed by atoms with van der Waals surface area (Å²) in [5.74, 6) is 0.0947. The van der Waals surface area contributed by atoms with Crippen LogP contribution >= 0.6 is 0 Å². The molecule has 5 nitrogen and oxygen atoms in total. The second-order valence-corrected chi connectivity index (χ2v) is 9.11. The highest BCUT2D eigenvalue weighted by Gasteiger charge is 2.39. The number of halogens is 1. The second kappa shape index (κ2) is 6.00. The third-order valence-electron chi connectivity index (χ3n) is 5.51. The predicted molar refractivity (Wildman–Crippen MR) is 101 cm³/mol. The first-order chi connectivity index (χ1) is 13.0. The summed E-state index contributed by atoms with van der Waals surface area (Å²) in [6, 6.07) is 13.0. The number of hydrogen-bond acceptors (Lipinski definition) is 5. The minimum absolute atomic E-state index is 0.0676. The van der Waals surface area contributed by atoms with Crippen LogP contribution in [0, 0.1) is 11.7 Å². The van der Waals surface area contributed by atoms with Gasteiger partial charge in [-0.05, 0) is 30.3 Å². The molecule has 3 aromatic rings. The Labute approximate surface area is 156 Å². The molecule has 0 saturated carbocycles. The Kier molecular flexibility index (Phi) is 3.70. The van der Waals surface area contributed by atoms with Gasteiger partial charge in [-0.15, -0.1) is 0 Å². The number of aromatic nitrogens is 1. The smallest absolute Gasteiger partial charge is 0.208 e. The summed E-state index contributed by atoms with van der Waals surface area (Å²) in [6.45, 7) is 2.98. The van der Waals surface area contributed by atoms with Gasteiger partial charge in [0.05, 0.1) is 21.0 Å². The monoisotopic (exact) mass is 383 g/mol. The van der Waals surface area contributed by atoms with E-state index in [1.807, 2.05) is 18.2 Å².